The molecule has 0 spiro atoms. The number of rotatable bonds is 4. The number of aryl methyl sites for hydroxylation is 1. The van der Waals surface area contributed by atoms with Crippen LogP contribution in [0.4, 0.5) is 4.39 Å². The highest BCUT2D eigenvalue weighted by Crippen LogP contribution is 2.31. The molecule has 3 aromatic rings. The molecule has 6 nitrogen and oxygen atoms in total. The van der Waals surface area contributed by atoms with E-state index in [4.69, 9.17) is 4.74 Å². The Labute approximate surface area is 165 Å². The topological polar surface area (TPSA) is 64.4 Å². The van der Waals surface area contributed by atoms with Crippen molar-refractivity contribution in [1.82, 2.24) is 14.7 Å². The van der Waals surface area contributed by atoms with Gasteiger partial charge in [0.1, 0.15) is 15.5 Å². The van der Waals surface area contributed by atoms with Crippen molar-refractivity contribution in [3.8, 4) is 5.69 Å². The number of carbonyl (C=O) groups is 2. The van der Waals surface area contributed by atoms with Crippen LogP contribution < -0.4 is 0 Å². The Balaban J connectivity index is 1.57. The van der Waals surface area contributed by atoms with Crippen LogP contribution in [-0.4, -0.2) is 45.8 Å². The van der Waals surface area contributed by atoms with Gasteiger partial charge in [0.15, 0.2) is 6.10 Å². The van der Waals surface area contributed by atoms with E-state index < -0.39 is 12.1 Å². The predicted octanol–water partition coefficient (Wildman–Crippen LogP) is 3.70. The molecule has 1 amide bonds. The highest BCUT2D eigenvalue weighted by Gasteiger charge is 2.27. The summed E-state index contributed by atoms with van der Waals surface area (Å²) in [6.07, 6.45) is 1.16. The standard InChI is InChI=1S/C20H20FN3O3S/c1-12-16-11-17(20(26)27-13(2)18(25)23-9-3-4-10-23)28-19(16)24(22-12)15-7-5-14(21)6-8-15/h5-8,11,13H,3-4,9-10H2,1-2H3/t13-/m0/s1. The van der Waals surface area contributed by atoms with Crippen LogP contribution in [0.1, 0.15) is 35.1 Å². The second-order valence-corrected chi connectivity index (χ2v) is 7.91. The monoisotopic (exact) mass is 401 g/mol. The van der Waals surface area contributed by atoms with E-state index in [0.29, 0.717) is 10.6 Å². The molecular weight excluding hydrogens is 381 g/mol. The van der Waals surface area contributed by atoms with Crippen molar-refractivity contribution in [1.29, 1.82) is 0 Å². The van der Waals surface area contributed by atoms with Gasteiger partial charge >= 0.3 is 5.97 Å². The third-order valence-corrected chi connectivity index (χ3v) is 5.96. The lowest BCUT2D eigenvalue weighted by Crippen LogP contribution is -2.38. The molecule has 0 saturated carbocycles. The fourth-order valence-corrected chi connectivity index (χ4v) is 4.43. The number of amides is 1. The summed E-state index contributed by atoms with van der Waals surface area (Å²) >= 11 is 1.25. The summed E-state index contributed by atoms with van der Waals surface area (Å²) in [5.74, 6) is -0.997. The predicted molar refractivity (Wildman–Crippen MR) is 104 cm³/mol. The number of nitrogens with zero attached hydrogens (tertiary/aromatic N) is 3. The maximum Gasteiger partial charge on any atom is 0.349 e. The first-order valence-corrected chi connectivity index (χ1v) is 10.0. The lowest BCUT2D eigenvalue weighted by molar-refractivity contribution is -0.138. The maximum atomic E-state index is 13.2. The van der Waals surface area contributed by atoms with E-state index in [1.165, 1.54) is 23.5 Å². The molecule has 1 saturated heterocycles. The fraction of sp³-hybridized carbons (Fsp3) is 0.350. The molecule has 8 heteroatoms. The van der Waals surface area contributed by atoms with E-state index in [1.807, 2.05) is 6.92 Å². The summed E-state index contributed by atoms with van der Waals surface area (Å²) in [6.45, 7) is 4.90. The summed E-state index contributed by atoms with van der Waals surface area (Å²) in [6, 6.07) is 7.74. The number of ether oxygens (including phenoxy) is 1. The van der Waals surface area contributed by atoms with Crippen LogP contribution in [0.3, 0.4) is 0 Å². The SMILES string of the molecule is Cc1nn(-c2ccc(F)cc2)c2sc(C(=O)O[C@@H](C)C(=O)N3CCCC3)cc12. The van der Waals surface area contributed by atoms with Crippen molar-refractivity contribution in [3.05, 3.63) is 46.7 Å². The Hall–Kier alpha value is -2.74. The summed E-state index contributed by atoms with van der Waals surface area (Å²) < 4.78 is 20.3. The smallest absolute Gasteiger partial charge is 0.349 e. The first kappa shape index (κ1) is 18.6. The summed E-state index contributed by atoms with van der Waals surface area (Å²) in [5.41, 5.74) is 1.47. The number of benzene rings is 1. The molecule has 146 valence electrons. The zero-order chi connectivity index (χ0) is 19.8. The fourth-order valence-electron chi connectivity index (χ4n) is 3.37. The Kier molecular flexibility index (Phi) is 4.89. The first-order chi connectivity index (χ1) is 13.4. The molecule has 0 radical (unpaired) electrons. The quantitative estimate of drug-likeness (QED) is 0.626. The van der Waals surface area contributed by atoms with Crippen LogP contribution in [0.25, 0.3) is 15.9 Å². The maximum absolute atomic E-state index is 13.2. The molecule has 2 aromatic heterocycles. The van der Waals surface area contributed by atoms with Crippen molar-refractivity contribution >= 4 is 33.4 Å². The molecule has 0 aliphatic carbocycles. The van der Waals surface area contributed by atoms with Gasteiger partial charge in [-0.1, -0.05) is 0 Å². The number of carbonyl (C=O) groups excluding carboxylic acids is 2. The summed E-state index contributed by atoms with van der Waals surface area (Å²) in [4.78, 5) is 27.9. The number of thiophene rings is 1. The molecule has 4 rings (SSSR count). The van der Waals surface area contributed by atoms with Gasteiger partial charge in [-0.05, 0) is 57.0 Å². The summed E-state index contributed by atoms with van der Waals surface area (Å²) in [5, 5.41) is 5.32. The number of hydrogen-bond acceptors (Lipinski definition) is 5. The number of likely N-dealkylation sites (tertiary alicyclic amines) is 1. The van der Waals surface area contributed by atoms with Gasteiger partial charge in [-0.15, -0.1) is 11.3 Å². The van der Waals surface area contributed by atoms with Crippen molar-refractivity contribution in [2.45, 2.75) is 32.8 Å². The van der Waals surface area contributed by atoms with E-state index in [2.05, 4.69) is 5.10 Å². The molecule has 28 heavy (non-hydrogen) atoms. The van der Waals surface area contributed by atoms with E-state index in [-0.39, 0.29) is 11.7 Å². The van der Waals surface area contributed by atoms with Crippen LogP contribution >= 0.6 is 11.3 Å². The van der Waals surface area contributed by atoms with Gasteiger partial charge < -0.3 is 9.64 Å². The average molecular weight is 401 g/mol. The lowest BCUT2D eigenvalue weighted by atomic mass is 10.3. The Morgan fingerprint density at radius 3 is 2.57 bits per heavy atom. The van der Waals surface area contributed by atoms with Crippen molar-refractivity contribution in [2.24, 2.45) is 0 Å². The van der Waals surface area contributed by atoms with Gasteiger partial charge in [-0.3, -0.25) is 4.79 Å². The van der Waals surface area contributed by atoms with Crippen LogP contribution in [0, 0.1) is 12.7 Å². The van der Waals surface area contributed by atoms with Gasteiger partial charge in [0.25, 0.3) is 5.91 Å². The van der Waals surface area contributed by atoms with Crippen molar-refractivity contribution in [2.75, 3.05) is 13.1 Å². The summed E-state index contributed by atoms with van der Waals surface area (Å²) in [7, 11) is 0. The van der Waals surface area contributed by atoms with Crippen LogP contribution in [-0.2, 0) is 9.53 Å². The molecule has 3 heterocycles. The normalized spacial score (nSPS) is 15.2. The molecule has 0 unspecified atom stereocenters. The number of aromatic nitrogens is 2. The van der Waals surface area contributed by atoms with E-state index >= 15 is 0 Å². The zero-order valence-corrected chi connectivity index (χ0v) is 16.5. The minimum atomic E-state index is -0.814. The highest BCUT2D eigenvalue weighted by molar-refractivity contribution is 7.20. The Morgan fingerprint density at radius 2 is 1.89 bits per heavy atom. The third kappa shape index (κ3) is 3.40. The lowest BCUT2D eigenvalue weighted by Gasteiger charge is -2.20. The molecule has 1 aliphatic rings. The van der Waals surface area contributed by atoms with E-state index in [0.717, 1.165) is 41.8 Å². The minimum absolute atomic E-state index is 0.152. The molecule has 1 aliphatic heterocycles. The van der Waals surface area contributed by atoms with Gasteiger partial charge in [0.2, 0.25) is 0 Å². The van der Waals surface area contributed by atoms with Gasteiger partial charge in [0, 0.05) is 18.5 Å². The largest absolute Gasteiger partial charge is 0.448 e. The second kappa shape index (κ2) is 7.35. The second-order valence-electron chi connectivity index (χ2n) is 6.88. The minimum Gasteiger partial charge on any atom is -0.448 e. The number of halogens is 1. The van der Waals surface area contributed by atoms with Gasteiger partial charge in [0.05, 0.1) is 11.4 Å². The van der Waals surface area contributed by atoms with Crippen LogP contribution in [0.5, 0.6) is 0 Å². The van der Waals surface area contributed by atoms with E-state index in [9.17, 15) is 14.0 Å². The number of esters is 1. The average Bonchev–Trinajstić information content (AvgIpc) is 3.40. The van der Waals surface area contributed by atoms with Crippen molar-refractivity contribution < 1.29 is 18.7 Å². The number of fused-ring (bicyclic) bond motifs is 1. The molecule has 1 atom stereocenters. The Morgan fingerprint density at radius 1 is 1.21 bits per heavy atom. The molecule has 0 N–H and O–H groups in total. The van der Waals surface area contributed by atoms with E-state index in [1.54, 1.807) is 34.7 Å². The highest BCUT2D eigenvalue weighted by atomic mass is 32.1. The molecular formula is C20H20FN3O3S. The van der Waals surface area contributed by atoms with Gasteiger partial charge in [-0.25, -0.2) is 13.9 Å². The van der Waals surface area contributed by atoms with Gasteiger partial charge in [-0.2, -0.15) is 5.10 Å². The Bertz CT molecular complexity index is 1040. The van der Waals surface area contributed by atoms with Crippen LogP contribution in [0.2, 0.25) is 0 Å². The number of hydrogen-bond donors (Lipinski definition) is 0. The van der Waals surface area contributed by atoms with Crippen LogP contribution in [0.15, 0.2) is 30.3 Å². The third-order valence-electron chi connectivity index (χ3n) is 4.87. The van der Waals surface area contributed by atoms with Crippen molar-refractivity contribution in [3.63, 3.8) is 0 Å². The molecule has 1 aromatic carbocycles. The first-order valence-electron chi connectivity index (χ1n) is 9.19. The zero-order valence-electron chi connectivity index (χ0n) is 15.6. The molecule has 0 bridgehead atoms. The molecule has 1 fully saturated rings.